The molecule has 0 amide bonds. The predicted octanol–water partition coefficient (Wildman–Crippen LogP) is 3.58. The first-order valence-corrected chi connectivity index (χ1v) is 7.27. The van der Waals surface area contributed by atoms with Crippen LogP contribution in [0.15, 0.2) is 29.6 Å². The molecule has 0 spiro atoms. The van der Waals surface area contributed by atoms with Crippen molar-refractivity contribution in [2.75, 3.05) is 6.61 Å². The van der Waals surface area contributed by atoms with Crippen molar-refractivity contribution >= 4 is 22.6 Å². The fraction of sp³-hybridized carbons (Fsp3) is 0.200. The van der Waals surface area contributed by atoms with E-state index >= 15 is 0 Å². The molecule has 5 heteroatoms. The van der Waals surface area contributed by atoms with E-state index in [9.17, 15) is 4.79 Å². The Morgan fingerprint density at radius 2 is 2.10 bits per heavy atom. The zero-order valence-corrected chi connectivity index (χ0v) is 12.1. The van der Waals surface area contributed by atoms with E-state index in [1.807, 2.05) is 47.9 Å². The van der Waals surface area contributed by atoms with E-state index in [-0.39, 0.29) is 0 Å². The number of rotatable bonds is 4. The van der Waals surface area contributed by atoms with Crippen molar-refractivity contribution in [2.24, 2.45) is 0 Å². The number of thiazole rings is 1. The van der Waals surface area contributed by atoms with Crippen molar-refractivity contribution in [3.05, 3.63) is 41.0 Å². The summed E-state index contributed by atoms with van der Waals surface area (Å²) in [6.45, 7) is 4.46. The molecule has 0 aliphatic rings. The summed E-state index contributed by atoms with van der Waals surface area (Å²) in [4.78, 5) is 16.5. The second kappa shape index (κ2) is 5.09. The third-order valence-corrected chi connectivity index (χ3v) is 3.98. The highest BCUT2D eigenvalue weighted by Crippen LogP contribution is 2.29. The summed E-state index contributed by atoms with van der Waals surface area (Å²) >= 11 is 1.54. The van der Waals surface area contributed by atoms with Gasteiger partial charge in [0.05, 0.1) is 18.0 Å². The van der Waals surface area contributed by atoms with Crippen molar-refractivity contribution in [3.63, 3.8) is 0 Å². The molecule has 0 aliphatic carbocycles. The van der Waals surface area contributed by atoms with Gasteiger partial charge in [0.25, 0.3) is 0 Å². The third-order valence-electron chi connectivity index (χ3n) is 3.16. The minimum absolute atomic E-state index is 0.616. The molecule has 0 N–H and O–H groups in total. The molecule has 2 heterocycles. The average Bonchev–Trinajstić information content (AvgIpc) is 2.98. The molecular formula is C15H14N2O2S. The van der Waals surface area contributed by atoms with Crippen LogP contribution in [-0.4, -0.2) is 22.3 Å². The van der Waals surface area contributed by atoms with Crippen molar-refractivity contribution in [1.29, 1.82) is 0 Å². The topological polar surface area (TPSA) is 43.6 Å². The quantitative estimate of drug-likeness (QED) is 0.688. The summed E-state index contributed by atoms with van der Waals surface area (Å²) in [5.41, 5.74) is 3.40. The van der Waals surface area contributed by atoms with Crippen molar-refractivity contribution in [3.8, 4) is 17.0 Å². The highest BCUT2D eigenvalue weighted by atomic mass is 32.1. The molecule has 0 aliphatic heterocycles. The lowest BCUT2D eigenvalue weighted by Crippen LogP contribution is -1.94. The van der Waals surface area contributed by atoms with Crippen LogP contribution < -0.4 is 4.74 Å². The maximum Gasteiger partial charge on any atom is 0.194 e. The van der Waals surface area contributed by atoms with E-state index in [1.54, 1.807) is 0 Å². The van der Waals surface area contributed by atoms with Crippen LogP contribution in [0.1, 0.15) is 23.1 Å². The van der Waals surface area contributed by atoms with Crippen molar-refractivity contribution in [2.45, 2.75) is 13.8 Å². The summed E-state index contributed by atoms with van der Waals surface area (Å²) in [6, 6.07) is 7.87. The molecule has 0 unspecified atom stereocenters. The number of carbonyl (C=O) groups is 1. The van der Waals surface area contributed by atoms with E-state index < -0.39 is 0 Å². The lowest BCUT2D eigenvalue weighted by Gasteiger charge is -2.05. The Hall–Kier alpha value is -2.14. The van der Waals surface area contributed by atoms with Gasteiger partial charge in [0, 0.05) is 5.38 Å². The summed E-state index contributed by atoms with van der Waals surface area (Å²) in [5.74, 6) is 0.847. The first-order valence-electron chi connectivity index (χ1n) is 6.39. The number of hydrogen-bond donors (Lipinski definition) is 0. The Balaban J connectivity index is 2.11. The third kappa shape index (κ3) is 2.00. The number of aromatic nitrogens is 2. The molecule has 2 aromatic heterocycles. The molecule has 0 fully saturated rings. The highest BCUT2D eigenvalue weighted by Gasteiger charge is 2.14. The fourth-order valence-corrected chi connectivity index (χ4v) is 3.16. The smallest absolute Gasteiger partial charge is 0.194 e. The minimum atomic E-state index is 0.616. The molecule has 0 bridgehead atoms. The van der Waals surface area contributed by atoms with Crippen molar-refractivity contribution < 1.29 is 9.53 Å². The second-order valence-electron chi connectivity index (χ2n) is 4.40. The van der Waals surface area contributed by atoms with Crippen LogP contribution in [0, 0.1) is 6.92 Å². The number of benzene rings is 1. The van der Waals surface area contributed by atoms with E-state index in [4.69, 9.17) is 4.74 Å². The number of hydrogen-bond acceptors (Lipinski definition) is 4. The van der Waals surface area contributed by atoms with E-state index in [0.717, 1.165) is 33.9 Å². The molecule has 102 valence electrons. The number of imidazole rings is 1. The van der Waals surface area contributed by atoms with Gasteiger partial charge in [0.1, 0.15) is 11.4 Å². The maximum absolute atomic E-state index is 11.2. The van der Waals surface area contributed by atoms with Crippen LogP contribution in [0.5, 0.6) is 5.75 Å². The Morgan fingerprint density at radius 3 is 2.75 bits per heavy atom. The predicted molar refractivity (Wildman–Crippen MR) is 79.8 cm³/mol. The van der Waals surface area contributed by atoms with E-state index in [1.165, 1.54) is 11.3 Å². The Labute approximate surface area is 120 Å². The highest BCUT2D eigenvalue weighted by molar-refractivity contribution is 7.15. The molecule has 4 nitrogen and oxygen atoms in total. The number of fused-ring (bicyclic) bond motifs is 1. The minimum Gasteiger partial charge on any atom is -0.494 e. The van der Waals surface area contributed by atoms with Gasteiger partial charge in [0.15, 0.2) is 11.2 Å². The first kappa shape index (κ1) is 12.9. The molecule has 0 atom stereocenters. The monoisotopic (exact) mass is 286 g/mol. The number of nitrogens with zero attached hydrogens (tertiary/aromatic N) is 2. The Kier molecular flexibility index (Phi) is 3.28. The number of carbonyl (C=O) groups excluding carboxylic acids is 1. The molecule has 3 rings (SSSR count). The molecule has 1 aromatic carbocycles. The number of aldehydes is 1. The molecule has 0 radical (unpaired) electrons. The van der Waals surface area contributed by atoms with Crippen LogP contribution in [0.2, 0.25) is 0 Å². The van der Waals surface area contributed by atoms with E-state index in [2.05, 4.69) is 4.98 Å². The van der Waals surface area contributed by atoms with Crippen LogP contribution in [0.25, 0.3) is 16.2 Å². The number of ether oxygens (including phenoxy) is 1. The lowest BCUT2D eigenvalue weighted by molar-refractivity contribution is 0.111. The standard InChI is InChI=1S/C15H14N2O2S/c1-3-19-12-6-4-11(5-7-12)14-9-20-15-16-10(2)13(8-18)17(14)15/h4-9H,3H2,1-2H3. The maximum atomic E-state index is 11.2. The molecule has 0 saturated heterocycles. The molecule has 3 aromatic rings. The summed E-state index contributed by atoms with van der Waals surface area (Å²) in [5, 5.41) is 2.02. The largest absolute Gasteiger partial charge is 0.494 e. The SMILES string of the molecule is CCOc1ccc(-c2csc3nc(C)c(C=O)n23)cc1. The Bertz CT molecular complexity index is 756. The van der Waals surface area contributed by atoms with Gasteiger partial charge in [-0.3, -0.25) is 9.20 Å². The second-order valence-corrected chi connectivity index (χ2v) is 5.23. The van der Waals surface area contributed by atoms with Gasteiger partial charge in [-0.15, -0.1) is 11.3 Å². The van der Waals surface area contributed by atoms with Crippen LogP contribution in [-0.2, 0) is 0 Å². The summed E-state index contributed by atoms with van der Waals surface area (Å²) < 4.78 is 7.35. The zero-order chi connectivity index (χ0) is 14.1. The molecule has 0 saturated carbocycles. The van der Waals surface area contributed by atoms with Crippen LogP contribution in [0.4, 0.5) is 0 Å². The zero-order valence-electron chi connectivity index (χ0n) is 11.3. The van der Waals surface area contributed by atoms with Gasteiger partial charge in [-0.2, -0.15) is 0 Å². The number of aryl methyl sites for hydroxylation is 1. The summed E-state index contributed by atoms with van der Waals surface area (Å²) in [7, 11) is 0. The Morgan fingerprint density at radius 1 is 1.35 bits per heavy atom. The van der Waals surface area contributed by atoms with Crippen LogP contribution >= 0.6 is 11.3 Å². The van der Waals surface area contributed by atoms with Crippen molar-refractivity contribution in [1.82, 2.24) is 9.38 Å². The van der Waals surface area contributed by atoms with Gasteiger partial charge in [-0.05, 0) is 43.7 Å². The lowest BCUT2D eigenvalue weighted by atomic mass is 10.1. The average molecular weight is 286 g/mol. The first-order chi connectivity index (χ1) is 9.74. The van der Waals surface area contributed by atoms with Gasteiger partial charge in [-0.1, -0.05) is 0 Å². The van der Waals surface area contributed by atoms with Gasteiger partial charge in [-0.25, -0.2) is 4.98 Å². The normalized spacial score (nSPS) is 10.9. The summed E-state index contributed by atoms with van der Waals surface area (Å²) in [6.07, 6.45) is 0.861. The van der Waals surface area contributed by atoms with Gasteiger partial charge in [0.2, 0.25) is 0 Å². The van der Waals surface area contributed by atoms with Crippen LogP contribution in [0.3, 0.4) is 0 Å². The van der Waals surface area contributed by atoms with Gasteiger partial charge < -0.3 is 4.74 Å². The fourth-order valence-electron chi connectivity index (χ4n) is 2.21. The molecule has 20 heavy (non-hydrogen) atoms. The van der Waals surface area contributed by atoms with Gasteiger partial charge >= 0.3 is 0 Å². The van der Waals surface area contributed by atoms with E-state index in [0.29, 0.717) is 12.3 Å². The molecular weight excluding hydrogens is 272 g/mol.